The average molecular weight is 247 g/mol. The Labute approximate surface area is 104 Å². The first-order valence-corrected chi connectivity index (χ1v) is 6.31. The van der Waals surface area contributed by atoms with Gasteiger partial charge in [-0.1, -0.05) is 6.07 Å². The van der Waals surface area contributed by atoms with Crippen LogP contribution in [-0.4, -0.2) is 21.8 Å². The van der Waals surface area contributed by atoms with E-state index in [4.69, 9.17) is 10.5 Å². The van der Waals surface area contributed by atoms with Crippen LogP contribution in [0.1, 0.15) is 25.3 Å². The molecule has 2 aliphatic rings. The van der Waals surface area contributed by atoms with Crippen molar-refractivity contribution in [3.8, 4) is 0 Å². The zero-order valence-corrected chi connectivity index (χ0v) is 9.84. The average Bonchev–Trinajstić information content (AvgIpc) is 3.02. The molecule has 3 atom stereocenters. The number of ether oxygens (including phenoxy) is 1. The van der Waals surface area contributed by atoms with Gasteiger partial charge in [-0.3, -0.25) is 0 Å². The van der Waals surface area contributed by atoms with Gasteiger partial charge < -0.3 is 15.0 Å². The second kappa shape index (κ2) is 3.45. The third-order valence-electron chi connectivity index (χ3n) is 4.10. The molecule has 1 aromatic heterocycles. The lowest BCUT2D eigenvalue weighted by molar-refractivity contribution is 0.0945. The highest BCUT2D eigenvalue weighted by Crippen LogP contribution is 2.43. The van der Waals surface area contributed by atoms with Crippen LogP contribution in [-0.2, 0) is 4.74 Å². The molecule has 2 saturated heterocycles. The highest BCUT2D eigenvalue weighted by atomic mass is 19.1. The Morgan fingerprint density at radius 1 is 1.39 bits per heavy atom. The lowest BCUT2D eigenvalue weighted by atomic mass is 9.95. The van der Waals surface area contributed by atoms with E-state index in [9.17, 15) is 4.39 Å². The van der Waals surface area contributed by atoms with Crippen molar-refractivity contribution in [2.45, 2.75) is 37.5 Å². The van der Waals surface area contributed by atoms with Crippen molar-refractivity contribution >= 4 is 17.0 Å². The predicted octanol–water partition coefficient (Wildman–Crippen LogP) is 2.25. The van der Waals surface area contributed by atoms with Gasteiger partial charge >= 0.3 is 0 Å². The largest absolute Gasteiger partial charge is 0.373 e. The van der Waals surface area contributed by atoms with Gasteiger partial charge in [-0.15, -0.1) is 0 Å². The molecule has 0 radical (unpaired) electrons. The molecule has 3 unspecified atom stereocenters. The molecule has 4 nitrogen and oxygen atoms in total. The van der Waals surface area contributed by atoms with Gasteiger partial charge in [0.15, 0.2) is 5.82 Å². The summed E-state index contributed by atoms with van der Waals surface area (Å²) < 4.78 is 21.5. The smallest absolute Gasteiger partial charge is 0.201 e. The standard InChI is InChI=1S/C13H14FN3O/c14-8-2-1-3-9-12(8)16-13(15)17(9)10-6-7-4-5-11(10)18-7/h1-3,7,10-11H,4-6H2,(H2,15,16). The molecule has 0 saturated carbocycles. The van der Waals surface area contributed by atoms with E-state index in [0.717, 1.165) is 24.8 Å². The number of nitrogen functional groups attached to an aromatic ring is 1. The number of nitrogens with two attached hydrogens (primary N) is 1. The number of rotatable bonds is 1. The fraction of sp³-hybridized carbons (Fsp3) is 0.462. The van der Waals surface area contributed by atoms with E-state index in [1.807, 2.05) is 10.6 Å². The second-order valence-corrected chi connectivity index (χ2v) is 5.12. The van der Waals surface area contributed by atoms with Crippen LogP contribution in [0.3, 0.4) is 0 Å². The van der Waals surface area contributed by atoms with Crippen molar-refractivity contribution in [1.29, 1.82) is 0 Å². The number of nitrogens with zero attached hydrogens (tertiary/aromatic N) is 2. The van der Waals surface area contributed by atoms with Crippen molar-refractivity contribution in [2.24, 2.45) is 0 Å². The number of anilines is 1. The van der Waals surface area contributed by atoms with Gasteiger partial charge in [-0.2, -0.15) is 0 Å². The normalized spacial score (nSPS) is 30.4. The summed E-state index contributed by atoms with van der Waals surface area (Å²) in [5.41, 5.74) is 7.09. The van der Waals surface area contributed by atoms with E-state index in [-0.39, 0.29) is 18.0 Å². The minimum absolute atomic E-state index is 0.204. The molecular weight excluding hydrogens is 233 g/mol. The maximum Gasteiger partial charge on any atom is 0.201 e. The lowest BCUT2D eigenvalue weighted by Gasteiger charge is -2.21. The quantitative estimate of drug-likeness (QED) is 0.840. The van der Waals surface area contributed by atoms with Crippen molar-refractivity contribution in [2.75, 3.05) is 5.73 Å². The summed E-state index contributed by atoms with van der Waals surface area (Å²) in [5.74, 6) is 0.0678. The van der Waals surface area contributed by atoms with E-state index in [2.05, 4.69) is 4.98 Å². The number of hydrogen-bond acceptors (Lipinski definition) is 3. The molecule has 1 aromatic carbocycles. The van der Waals surface area contributed by atoms with Crippen LogP contribution in [0.15, 0.2) is 18.2 Å². The number of para-hydroxylation sites is 1. The van der Waals surface area contributed by atoms with Crippen LogP contribution in [0.25, 0.3) is 11.0 Å². The maximum absolute atomic E-state index is 13.7. The van der Waals surface area contributed by atoms with Crippen LogP contribution in [0.2, 0.25) is 0 Å². The molecule has 18 heavy (non-hydrogen) atoms. The summed E-state index contributed by atoms with van der Waals surface area (Å²) in [6.45, 7) is 0. The fourth-order valence-corrected chi connectivity index (χ4v) is 3.33. The van der Waals surface area contributed by atoms with E-state index in [0.29, 0.717) is 17.6 Å². The number of aromatic nitrogens is 2. The number of fused-ring (bicyclic) bond motifs is 3. The Balaban J connectivity index is 1.90. The summed E-state index contributed by atoms with van der Waals surface area (Å²) >= 11 is 0. The summed E-state index contributed by atoms with van der Waals surface area (Å²) in [6, 6.07) is 5.18. The number of imidazole rings is 1. The molecule has 2 aliphatic heterocycles. The molecule has 0 amide bonds. The van der Waals surface area contributed by atoms with Gasteiger partial charge in [0, 0.05) is 0 Å². The first-order valence-electron chi connectivity index (χ1n) is 6.31. The van der Waals surface area contributed by atoms with E-state index in [1.54, 1.807) is 6.07 Å². The second-order valence-electron chi connectivity index (χ2n) is 5.12. The van der Waals surface area contributed by atoms with Crippen molar-refractivity contribution in [3.63, 3.8) is 0 Å². The summed E-state index contributed by atoms with van der Waals surface area (Å²) in [5, 5.41) is 0. The third kappa shape index (κ3) is 1.25. The highest BCUT2D eigenvalue weighted by molar-refractivity contribution is 5.79. The topological polar surface area (TPSA) is 53.1 Å². The summed E-state index contributed by atoms with van der Waals surface area (Å²) in [4.78, 5) is 4.15. The molecule has 0 aliphatic carbocycles. The Morgan fingerprint density at radius 2 is 2.28 bits per heavy atom. The van der Waals surface area contributed by atoms with Gasteiger partial charge in [-0.25, -0.2) is 9.37 Å². The number of halogens is 1. The first kappa shape index (κ1) is 10.3. The number of benzene rings is 1. The van der Waals surface area contributed by atoms with E-state index < -0.39 is 0 Å². The van der Waals surface area contributed by atoms with E-state index >= 15 is 0 Å². The minimum Gasteiger partial charge on any atom is -0.373 e. The molecule has 5 heteroatoms. The maximum atomic E-state index is 13.7. The van der Waals surface area contributed by atoms with Crippen LogP contribution < -0.4 is 5.73 Å². The SMILES string of the molecule is Nc1nc2c(F)cccc2n1C1CC2CCC1O2. The molecule has 2 bridgehead atoms. The van der Waals surface area contributed by atoms with Gasteiger partial charge in [-0.05, 0) is 31.4 Å². The Hall–Kier alpha value is -1.62. The summed E-state index contributed by atoms with van der Waals surface area (Å²) in [7, 11) is 0. The Kier molecular flexibility index (Phi) is 1.97. The predicted molar refractivity (Wildman–Crippen MR) is 65.7 cm³/mol. The van der Waals surface area contributed by atoms with Crippen molar-refractivity contribution in [3.05, 3.63) is 24.0 Å². The van der Waals surface area contributed by atoms with Gasteiger partial charge in [0.05, 0.1) is 23.8 Å². The monoisotopic (exact) mass is 247 g/mol. The first-order chi connectivity index (χ1) is 8.74. The molecule has 4 rings (SSSR count). The zero-order valence-electron chi connectivity index (χ0n) is 9.84. The number of hydrogen-bond donors (Lipinski definition) is 1. The highest BCUT2D eigenvalue weighted by Gasteiger charge is 2.42. The lowest BCUT2D eigenvalue weighted by Crippen LogP contribution is -2.22. The molecule has 2 fully saturated rings. The molecule has 3 heterocycles. The molecular formula is C13H14FN3O. The van der Waals surface area contributed by atoms with Crippen molar-refractivity contribution in [1.82, 2.24) is 9.55 Å². The van der Waals surface area contributed by atoms with Crippen LogP contribution in [0.5, 0.6) is 0 Å². The van der Waals surface area contributed by atoms with Gasteiger partial charge in [0.1, 0.15) is 5.52 Å². The molecule has 94 valence electrons. The van der Waals surface area contributed by atoms with E-state index in [1.165, 1.54) is 6.07 Å². The van der Waals surface area contributed by atoms with Crippen LogP contribution in [0, 0.1) is 5.82 Å². The van der Waals surface area contributed by atoms with Gasteiger partial charge in [0.25, 0.3) is 0 Å². The Bertz CT molecular complexity index is 624. The third-order valence-corrected chi connectivity index (χ3v) is 4.10. The summed E-state index contributed by atoms with van der Waals surface area (Å²) in [6.07, 6.45) is 3.69. The van der Waals surface area contributed by atoms with Crippen molar-refractivity contribution < 1.29 is 9.13 Å². The zero-order chi connectivity index (χ0) is 12.3. The molecule has 0 spiro atoms. The van der Waals surface area contributed by atoms with Gasteiger partial charge in [0.2, 0.25) is 5.95 Å². The molecule has 2 N–H and O–H groups in total. The fourth-order valence-electron chi connectivity index (χ4n) is 3.33. The minimum atomic E-state index is -0.318. The Morgan fingerprint density at radius 3 is 3.00 bits per heavy atom. The van der Waals surface area contributed by atoms with Crippen LogP contribution >= 0.6 is 0 Å². The van der Waals surface area contributed by atoms with Crippen LogP contribution in [0.4, 0.5) is 10.3 Å². The molecule has 2 aromatic rings.